The Morgan fingerprint density at radius 2 is 1.40 bits per heavy atom. The van der Waals surface area contributed by atoms with Crippen LogP contribution in [0.5, 0.6) is 0 Å². The number of hydrogen-bond acceptors (Lipinski definition) is 0. The highest BCUT2D eigenvalue weighted by Gasteiger charge is 2.13. The zero-order chi connectivity index (χ0) is 7.89. The molecule has 0 unspecified atom stereocenters. The molecule has 0 saturated carbocycles. The summed E-state index contributed by atoms with van der Waals surface area (Å²) in [4.78, 5) is 0. The molecule has 0 aliphatic heterocycles. The lowest BCUT2D eigenvalue weighted by atomic mass is 10.7. The molecule has 1 rings (SSSR count). The van der Waals surface area contributed by atoms with E-state index in [1.165, 1.54) is 0 Å². The molecule has 0 fully saturated rings. The molecule has 0 spiro atoms. The van der Waals surface area contributed by atoms with Gasteiger partial charge in [-0.05, 0) is 31.9 Å². The Kier molecular flexibility index (Phi) is 2.72. The molecule has 56 valence electrons. The number of aromatic nitrogens is 1. The van der Waals surface area contributed by atoms with Gasteiger partial charge < -0.3 is 4.57 Å². The van der Waals surface area contributed by atoms with E-state index in [2.05, 4.69) is 31.9 Å². The maximum absolute atomic E-state index is 5.81. The smallest absolute Gasteiger partial charge is 0.125 e. The number of hydrogen-bond donors (Lipinski definition) is 0. The minimum Gasteiger partial charge on any atom is -0.324 e. The fourth-order valence-electron chi connectivity index (χ4n) is 0.562. The SMILES string of the molecule is Cn1c(Cl)c(Br)c(Br)c1Cl. The molecule has 1 aromatic rings. The van der Waals surface area contributed by atoms with E-state index in [9.17, 15) is 0 Å². The summed E-state index contributed by atoms with van der Waals surface area (Å²) in [6, 6.07) is 0. The van der Waals surface area contributed by atoms with E-state index in [1.54, 1.807) is 11.6 Å². The molecule has 0 bridgehead atoms. The summed E-state index contributed by atoms with van der Waals surface area (Å²) in [7, 11) is 1.79. The van der Waals surface area contributed by atoms with Crippen molar-refractivity contribution in [1.82, 2.24) is 4.57 Å². The first kappa shape index (κ1) is 8.91. The Bertz CT molecular complexity index is 189. The molecule has 0 atom stereocenters. The van der Waals surface area contributed by atoms with Gasteiger partial charge in [0.05, 0.1) is 8.95 Å². The van der Waals surface area contributed by atoms with Gasteiger partial charge in [-0.15, -0.1) is 0 Å². The normalized spacial score (nSPS) is 10.5. The molecular weight excluding hydrogens is 305 g/mol. The van der Waals surface area contributed by atoms with Crippen LogP contribution in [-0.4, -0.2) is 4.57 Å². The van der Waals surface area contributed by atoms with Crippen molar-refractivity contribution in [3.63, 3.8) is 0 Å². The molecule has 0 radical (unpaired) electrons. The second kappa shape index (κ2) is 3.05. The van der Waals surface area contributed by atoms with E-state index in [1.807, 2.05) is 0 Å². The maximum atomic E-state index is 5.81. The fraction of sp³-hybridized carbons (Fsp3) is 0.200. The second-order valence-corrected chi connectivity index (χ2v) is 4.07. The summed E-state index contributed by atoms with van der Waals surface area (Å²) >= 11 is 18.1. The standard InChI is InChI=1S/C5H3Br2Cl2N/c1-10-4(8)2(6)3(7)5(10)9/h1H3. The van der Waals surface area contributed by atoms with E-state index in [-0.39, 0.29) is 0 Å². The van der Waals surface area contributed by atoms with E-state index in [0.29, 0.717) is 10.3 Å². The molecule has 0 saturated heterocycles. The third-order valence-corrected chi connectivity index (χ3v) is 4.56. The van der Waals surface area contributed by atoms with Crippen LogP contribution in [0.1, 0.15) is 0 Å². The highest BCUT2D eigenvalue weighted by molar-refractivity contribution is 9.13. The van der Waals surface area contributed by atoms with Gasteiger partial charge in [-0.25, -0.2) is 0 Å². The van der Waals surface area contributed by atoms with Crippen molar-refractivity contribution in [2.24, 2.45) is 7.05 Å². The molecule has 0 aromatic carbocycles. The van der Waals surface area contributed by atoms with Crippen LogP contribution in [-0.2, 0) is 7.05 Å². The van der Waals surface area contributed by atoms with Crippen LogP contribution in [0.25, 0.3) is 0 Å². The van der Waals surface area contributed by atoms with Crippen molar-refractivity contribution in [1.29, 1.82) is 0 Å². The summed E-state index contributed by atoms with van der Waals surface area (Å²) in [5.74, 6) is 0. The van der Waals surface area contributed by atoms with E-state index in [4.69, 9.17) is 23.2 Å². The monoisotopic (exact) mass is 305 g/mol. The summed E-state index contributed by atoms with van der Waals surface area (Å²) in [5.41, 5.74) is 0. The van der Waals surface area contributed by atoms with Crippen LogP contribution in [0, 0.1) is 0 Å². The molecule has 0 N–H and O–H groups in total. The zero-order valence-electron chi connectivity index (χ0n) is 4.96. The Morgan fingerprint density at radius 3 is 1.50 bits per heavy atom. The van der Waals surface area contributed by atoms with Crippen LogP contribution < -0.4 is 0 Å². The molecule has 0 aliphatic rings. The fourth-order valence-corrected chi connectivity index (χ4v) is 2.10. The molecule has 1 nitrogen and oxygen atoms in total. The average molecular weight is 308 g/mol. The largest absolute Gasteiger partial charge is 0.324 e. The highest BCUT2D eigenvalue weighted by atomic mass is 79.9. The average Bonchev–Trinajstić information content (AvgIpc) is 2.07. The number of nitrogens with zero attached hydrogens (tertiary/aromatic N) is 1. The van der Waals surface area contributed by atoms with Crippen molar-refractivity contribution in [2.45, 2.75) is 0 Å². The summed E-state index contributed by atoms with van der Waals surface area (Å²) in [6.07, 6.45) is 0. The third-order valence-electron chi connectivity index (χ3n) is 1.14. The first-order valence-corrected chi connectivity index (χ1v) is 4.74. The van der Waals surface area contributed by atoms with Gasteiger partial charge in [0.25, 0.3) is 0 Å². The summed E-state index contributed by atoms with van der Waals surface area (Å²) < 4.78 is 3.26. The first-order chi connectivity index (χ1) is 4.55. The van der Waals surface area contributed by atoms with Crippen molar-refractivity contribution < 1.29 is 0 Å². The van der Waals surface area contributed by atoms with Crippen LogP contribution in [0.15, 0.2) is 8.95 Å². The highest BCUT2D eigenvalue weighted by Crippen LogP contribution is 2.38. The minimum absolute atomic E-state index is 0.594. The van der Waals surface area contributed by atoms with Gasteiger partial charge in [-0.1, -0.05) is 23.2 Å². The lowest BCUT2D eigenvalue weighted by Crippen LogP contribution is -1.84. The van der Waals surface area contributed by atoms with E-state index < -0.39 is 0 Å². The van der Waals surface area contributed by atoms with Gasteiger partial charge in [0.1, 0.15) is 10.3 Å². The van der Waals surface area contributed by atoms with Gasteiger partial charge in [0.2, 0.25) is 0 Å². The minimum atomic E-state index is 0.594. The maximum Gasteiger partial charge on any atom is 0.125 e. The lowest BCUT2D eigenvalue weighted by Gasteiger charge is -1.93. The van der Waals surface area contributed by atoms with Gasteiger partial charge in [0, 0.05) is 7.05 Å². The predicted octanol–water partition coefficient (Wildman–Crippen LogP) is 3.86. The number of rotatable bonds is 0. The van der Waals surface area contributed by atoms with Crippen molar-refractivity contribution >= 4 is 55.1 Å². The third kappa shape index (κ3) is 1.24. The van der Waals surface area contributed by atoms with Crippen molar-refractivity contribution in [3.05, 3.63) is 19.3 Å². The summed E-state index contributed by atoms with van der Waals surface area (Å²) in [5, 5.41) is 1.19. The predicted molar refractivity (Wildman–Crippen MR) is 50.8 cm³/mol. The van der Waals surface area contributed by atoms with Crippen LogP contribution in [0.2, 0.25) is 10.3 Å². The quantitative estimate of drug-likeness (QED) is 0.686. The molecule has 0 aliphatic carbocycles. The van der Waals surface area contributed by atoms with Crippen molar-refractivity contribution in [3.8, 4) is 0 Å². The van der Waals surface area contributed by atoms with Crippen LogP contribution in [0.3, 0.4) is 0 Å². The first-order valence-electron chi connectivity index (χ1n) is 2.40. The molecule has 5 heteroatoms. The van der Waals surface area contributed by atoms with Gasteiger partial charge >= 0.3 is 0 Å². The van der Waals surface area contributed by atoms with Gasteiger partial charge in [-0.2, -0.15) is 0 Å². The van der Waals surface area contributed by atoms with Crippen LogP contribution in [0.4, 0.5) is 0 Å². The molecular formula is C5H3Br2Cl2N. The van der Waals surface area contributed by atoms with Gasteiger partial charge in [-0.3, -0.25) is 0 Å². The topological polar surface area (TPSA) is 4.93 Å². The molecule has 10 heavy (non-hydrogen) atoms. The molecule has 1 aromatic heterocycles. The second-order valence-electron chi connectivity index (χ2n) is 1.77. The Labute approximate surface area is 85.6 Å². The molecule has 0 amide bonds. The Hall–Kier alpha value is 0.820. The van der Waals surface area contributed by atoms with Crippen LogP contribution >= 0.6 is 55.1 Å². The molecule has 1 heterocycles. The lowest BCUT2D eigenvalue weighted by molar-refractivity contribution is 0.926. The van der Waals surface area contributed by atoms with E-state index >= 15 is 0 Å². The van der Waals surface area contributed by atoms with Crippen molar-refractivity contribution in [2.75, 3.05) is 0 Å². The number of halogens is 4. The Morgan fingerprint density at radius 1 is 1.10 bits per heavy atom. The summed E-state index contributed by atoms with van der Waals surface area (Å²) in [6.45, 7) is 0. The zero-order valence-corrected chi connectivity index (χ0v) is 9.64. The van der Waals surface area contributed by atoms with Gasteiger partial charge in [0.15, 0.2) is 0 Å². The Balaban J connectivity index is 3.44. The van der Waals surface area contributed by atoms with E-state index in [0.717, 1.165) is 8.95 Å².